The van der Waals surface area contributed by atoms with E-state index in [1.165, 1.54) is 49.7 Å². The Morgan fingerprint density at radius 3 is 2.21 bits per heavy atom. The van der Waals surface area contributed by atoms with Crippen molar-refractivity contribution in [2.24, 2.45) is 0 Å². The van der Waals surface area contributed by atoms with Gasteiger partial charge in [-0.25, -0.2) is 0 Å². The number of benzene rings is 4. The molecular formula is C28H27N. The summed E-state index contributed by atoms with van der Waals surface area (Å²) in [6.07, 6.45) is 1.01. The third-order valence-electron chi connectivity index (χ3n) is 5.98. The second kappa shape index (κ2) is 6.86. The minimum absolute atomic E-state index is 0.0725. The Morgan fingerprint density at radius 1 is 0.690 bits per heavy atom. The van der Waals surface area contributed by atoms with Gasteiger partial charge < -0.3 is 5.32 Å². The van der Waals surface area contributed by atoms with E-state index in [9.17, 15) is 0 Å². The molecule has 0 radical (unpaired) electrons. The number of hydrogen-bond donors (Lipinski definition) is 1. The van der Waals surface area contributed by atoms with Crippen LogP contribution < -0.4 is 5.32 Å². The van der Waals surface area contributed by atoms with E-state index in [1.54, 1.807) is 0 Å². The van der Waals surface area contributed by atoms with Crippen molar-refractivity contribution in [3.8, 4) is 22.3 Å². The Labute approximate surface area is 173 Å². The quantitative estimate of drug-likeness (QED) is 0.358. The predicted octanol–water partition coefficient (Wildman–Crippen LogP) is 6.97. The Bertz CT molecular complexity index is 1210. The van der Waals surface area contributed by atoms with E-state index in [-0.39, 0.29) is 5.54 Å². The van der Waals surface area contributed by atoms with Gasteiger partial charge in [-0.1, -0.05) is 78.9 Å². The van der Waals surface area contributed by atoms with E-state index in [2.05, 4.69) is 105 Å². The molecule has 29 heavy (non-hydrogen) atoms. The van der Waals surface area contributed by atoms with Crippen molar-refractivity contribution in [3.63, 3.8) is 0 Å². The molecular weight excluding hydrogens is 350 g/mol. The van der Waals surface area contributed by atoms with Crippen molar-refractivity contribution in [2.45, 2.75) is 39.3 Å². The topological polar surface area (TPSA) is 12.0 Å². The molecule has 0 saturated heterocycles. The molecule has 1 heteroatoms. The van der Waals surface area contributed by atoms with E-state index in [4.69, 9.17) is 0 Å². The van der Waals surface area contributed by atoms with Crippen LogP contribution in [-0.2, 0) is 13.0 Å². The fourth-order valence-corrected chi connectivity index (χ4v) is 4.54. The van der Waals surface area contributed by atoms with E-state index in [0.29, 0.717) is 0 Å². The molecule has 0 fully saturated rings. The van der Waals surface area contributed by atoms with Gasteiger partial charge in [0.15, 0.2) is 0 Å². The highest BCUT2D eigenvalue weighted by Crippen LogP contribution is 2.43. The van der Waals surface area contributed by atoms with Crippen molar-refractivity contribution >= 4 is 10.8 Å². The highest BCUT2D eigenvalue weighted by Gasteiger charge is 2.23. The second-order valence-electron chi connectivity index (χ2n) is 9.08. The summed E-state index contributed by atoms with van der Waals surface area (Å²) in [6, 6.07) is 29.0. The van der Waals surface area contributed by atoms with Crippen LogP contribution in [0.15, 0.2) is 78.9 Å². The zero-order valence-corrected chi connectivity index (χ0v) is 17.4. The summed E-state index contributed by atoms with van der Waals surface area (Å²) in [6.45, 7) is 7.55. The minimum Gasteiger partial charge on any atom is -0.308 e. The summed E-state index contributed by atoms with van der Waals surface area (Å²) < 4.78 is 0. The van der Waals surface area contributed by atoms with Crippen molar-refractivity contribution in [3.05, 3.63) is 95.6 Å². The molecule has 5 rings (SSSR count). The van der Waals surface area contributed by atoms with E-state index >= 15 is 0 Å². The molecule has 0 amide bonds. The second-order valence-corrected chi connectivity index (χ2v) is 9.08. The van der Waals surface area contributed by atoms with Gasteiger partial charge in [0.25, 0.3) is 0 Å². The summed E-state index contributed by atoms with van der Waals surface area (Å²) in [5, 5.41) is 6.37. The van der Waals surface area contributed by atoms with Crippen molar-refractivity contribution in [2.75, 3.05) is 0 Å². The average molecular weight is 378 g/mol. The Balaban J connectivity index is 1.71. The zero-order valence-electron chi connectivity index (χ0n) is 17.4. The fraction of sp³-hybridized carbons (Fsp3) is 0.214. The van der Waals surface area contributed by atoms with Crippen LogP contribution in [0, 0.1) is 0 Å². The van der Waals surface area contributed by atoms with Gasteiger partial charge in [-0.05, 0) is 76.9 Å². The first-order valence-electron chi connectivity index (χ1n) is 10.5. The normalized spacial score (nSPS) is 12.8. The van der Waals surface area contributed by atoms with Crippen LogP contribution in [0.2, 0.25) is 0 Å². The molecule has 1 N–H and O–H groups in total. The smallest absolute Gasteiger partial charge is 0.0222 e. The first-order chi connectivity index (χ1) is 14.0. The van der Waals surface area contributed by atoms with Gasteiger partial charge >= 0.3 is 0 Å². The lowest BCUT2D eigenvalue weighted by molar-refractivity contribution is 0.425. The van der Waals surface area contributed by atoms with Crippen LogP contribution in [0.4, 0.5) is 0 Å². The van der Waals surface area contributed by atoms with Gasteiger partial charge in [-0.15, -0.1) is 0 Å². The third kappa shape index (κ3) is 3.26. The number of rotatable bonds is 3. The van der Waals surface area contributed by atoms with Gasteiger partial charge in [-0.2, -0.15) is 0 Å². The Morgan fingerprint density at radius 2 is 1.38 bits per heavy atom. The molecule has 1 nitrogen and oxygen atoms in total. The molecule has 0 heterocycles. The van der Waals surface area contributed by atoms with E-state index in [0.717, 1.165) is 13.0 Å². The van der Waals surface area contributed by atoms with Crippen LogP contribution in [0.5, 0.6) is 0 Å². The van der Waals surface area contributed by atoms with Crippen LogP contribution in [0.3, 0.4) is 0 Å². The van der Waals surface area contributed by atoms with Crippen LogP contribution in [0.25, 0.3) is 33.0 Å². The molecule has 1 aliphatic rings. The monoisotopic (exact) mass is 377 g/mol. The average Bonchev–Trinajstić information content (AvgIpc) is 3.10. The summed E-state index contributed by atoms with van der Waals surface area (Å²) in [5.74, 6) is 0. The van der Waals surface area contributed by atoms with Gasteiger partial charge in [0, 0.05) is 12.1 Å². The lowest BCUT2D eigenvalue weighted by atomic mass is 9.89. The van der Waals surface area contributed by atoms with Gasteiger partial charge in [0.2, 0.25) is 0 Å². The number of nitrogens with one attached hydrogen (secondary N) is 1. The van der Waals surface area contributed by atoms with Crippen molar-refractivity contribution < 1.29 is 0 Å². The largest absolute Gasteiger partial charge is 0.308 e. The molecule has 0 unspecified atom stereocenters. The molecule has 144 valence electrons. The molecule has 4 aromatic carbocycles. The molecule has 0 atom stereocenters. The van der Waals surface area contributed by atoms with E-state index in [1.807, 2.05) is 0 Å². The minimum atomic E-state index is 0.0725. The van der Waals surface area contributed by atoms with Gasteiger partial charge in [0.05, 0.1) is 0 Å². The lowest BCUT2D eigenvalue weighted by Crippen LogP contribution is -2.35. The molecule has 4 aromatic rings. The van der Waals surface area contributed by atoms with Gasteiger partial charge in [0.1, 0.15) is 0 Å². The maximum absolute atomic E-state index is 3.73. The van der Waals surface area contributed by atoms with Crippen molar-refractivity contribution in [1.82, 2.24) is 5.32 Å². The summed E-state index contributed by atoms with van der Waals surface area (Å²) in [7, 11) is 0. The first kappa shape index (κ1) is 18.1. The SMILES string of the molecule is CC(C)(C)NCc1c(-c2cccc3c2Cc2ccccc2-3)ccc2ccccc12. The summed E-state index contributed by atoms with van der Waals surface area (Å²) in [5.41, 5.74) is 9.86. The Hall–Kier alpha value is -2.90. The van der Waals surface area contributed by atoms with Crippen LogP contribution >= 0.6 is 0 Å². The predicted molar refractivity (Wildman–Crippen MR) is 124 cm³/mol. The molecule has 0 saturated carbocycles. The molecule has 0 bridgehead atoms. The highest BCUT2D eigenvalue weighted by molar-refractivity contribution is 5.94. The standard InChI is InChI=1S/C28H27N/c1-28(2,3)29-18-27-21-11-6-4-9-19(21)15-16-25(27)24-14-8-13-23-22-12-7-5-10-20(22)17-26(23)24/h4-16,29H,17-18H2,1-3H3. The van der Waals surface area contributed by atoms with Crippen LogP contribution in [-0.4, -0.2) is 5.54 Å². The number of hydrogen-bond acceptors (Lipinski definition) is 1. The molecule has 0 spiro atoms. The molecule has 0 aliphatic heterocycles. The van der Waals surface area contributed by atoms with Gasteiger partial charge in [-0.3, -0.25) is 0 Å². The maximum Gasteiger partial charge on any atom is 0.0222 e. The lowest BCUT2D eigenvalue weighted by Gasteiger charge is -2.23. The Kier molecular flexibility index (Phi) is 4.29. The fourth-order valence-electron chi connectivity index (χ4n) is 4.54. The third-order valence-corrected chi connectivity index (χ3v) is 5.98. The maximum atomic E-state index is 3.73. The van der Waals surface area contributed by atoms with E-state index < -0.39 is 0 Å². The first-order valence-corrected chi connectivity index (χ1v) is 10.5. The summed E-state index contributed by atoms with van der Waals surface area (Å²) in [4.78, 5) is 0. The van der Waals surface area contributed by atoms with Crippen LogP contribution in [0.1, 0.15) is 37.5 Å². The molecule has 1 aliphatic carbocycles. The van der Waals surface area contributed by atoms with Crippen molar-refractivity contribution in [1.29, 1.82) is 0 Å². The molecule has 0 aromatic heterocycles. The zero-order chi connectivity index (χ0) is 20.0. The summed E-state index contributed by atoms with van der Waals surface area (Å²) >= 11 is 0. The highest BCUT2D eigenvalue weighted by atomic mass is 14.9. The number of fused-ring (bicyclic) bond motifs is 4.